The lowest BCUT2D eigenvalue weighted by Crippen LogP contribution is -2.29. The summed E-state index contributed by atoms with van der Waals surface area (Å²) in [4.78, 5) is 22.9. The van der Waals surface area contributed by atoms with Gasteiger partial charge in [0.15, 0.2) is 6.61 Å². The number of esters is 1. The van der Waals surface area contributed by atoms with Gasteiger partial charge in [0.05, 0.1) is 5.56 Å². The van der Waals surface area contributed by atoms with Gasteiger partial charge < -0.3 is 10.1 Å². The fraction of sp³-hybridized carbons (Fsp3) is 0.412. The van der Waals surface area contributed by atoms with E-state index in [0.717, 1.165) is 24.6 Å². The first-order valence-corrected chi connectivity index (χ1v) is 7.47. The summed E-state index contributed by atoms with van der Waals surface area (Å²) in [6.07, 6.45) is -1.45. The Balaban J connectivity index is 2.45. The highest BCUT2D eigenvalue weighted by Crippen LogP contribution is 2.29. The fourth-order valence-corrected chi connectivity index (χ4v) is 1.72. The molecule has 0 aliphatic rings. The summed E-state index contributed by atoms with van der Waals surface area (Å²) in [5.74, 6) is -0.772. The van der Waals surface area contributed by atoms with Crippen LogP contribution in [0.4, 0.5) is 13.2 Å². The largest absolute Gasteiger partial charge is 0.452 e. The van der Waals surface area contributed by atoms with Crippen LogP contribution in [-0.2, 0) is 20.5 Å². The van der Waals surface area contributed by atoms with Crippen LogP contribution in [0.3, 0.4) is 0 Å². The van der Waals surface area contributed by atoms with Crippen molar-refractivity contribution in [3.8, 4) is 0 Å². The van der Waals surface area contributed by atoms with E-state index in [1.54, 1.807) is 0 Å². The van der Waals surface area contributed by atoms with Gasteiger partial charge in [0.1, 0.15) is 0 Å². The monoisotopic (exact) mass is 343 g/mol. The Morgan fingerprint density at radius 1 is 1.29 bits per heavy atom. The van der Waals surface area contributed by atoms with Gasteiger partial charge in [0, 0.05) is 12.6 Å². The third-order valence-electron chi connectivity index (χ3n) is 3.02. The number of rotatable bonds is 7. The van der Waals surface area contributed by atoms with Gasteiger partial charge >= 0.3 is 12.1 Å². The molecule has 0 atom stereocenters. The van der Waals surface area contributed by atoms with Crippen molar-refractivity contribution in [3.05, 3.63) is 41.5 Å². The number of carbonyl (C=O) groups is 2. The number of ether oxygens (including phenoxy) is 1. The zero-order valence-corrected chi connectivity index (χ0v) is 13.5. The first-order valence-electron chi connectivity index (χ1n) is 7.47. The standard InChI is InChI=1S/C17H20F3NO3/c1-12(2)8-9-21-15(22)11-24-16(23)7-6-13-4-3-5-14(10-13)17(18,19)20/h3-7,10,12H,8-9,11H2,1-2H3,(H,21,22)/b7-6+. The van der Waals surface area contributed by atoms with Crippen LogP contribution >= 0.6 is 0 Å². The van der Waals surface area contributed by atoms with Crippen LogP contribution in [0.15, 0.2) is 30.3 Å². The number of amides is 1. The zero-order valence-electron chi connectivity index (χ0n) is 13.5. The number of hydrogen-bond donors (Lipinski definition) is 1. The van der Waals surface area contributed by atoms with Crippen LogP contribution in [0, 0.1) is 5.92 Å². The Kier molecular flexibility index (Phi) is 7.48. The van der Waals surface area contributed by atoms with Crippen LogP contribution in [0.1, 0.15) is 31.4 Å². The van der Waals surface area contributed by atoms with Gasteiger partial charge in [-0.2, -0.15) is 13.2 Å². The molecule has 0 bridgehead atoms. The van der Waals surface area contributed by atoms with Crippen molar-refractivity contribution in [2.45, 2.75) is 26.4 Å². The van der Waals surface area contributed by atoms with Gasteiger partial charge in [0.2, 0.25) is 0 Å². The lowest BCUT2D eigenvalue weighted by molar-refractivity contribution is -0.143. The van der Waals surface area contributed by atoms with Crippen LogP contribution in [-0.4, -0.2) is 25.0 Å². The van der Waals surface area contributed by atoms with Crippen molar-refractivity contribution in [3.63, 3.8) is 0 Å². The highest BCUT2D eigenvalue weighted by molar-refractivity contribution is 5.89. The SMILES string of the molecule is CC(C)CCNC(=O)COC(=O)/C=C/c1cccc(C(F)(F)F)c1. The van der Waals surface area contributed by atoms with Crippen molar-refractivity contribution in [2.24, 2.45) is 5.92 Å². The first kappa shape index (κ1) is 19.7. The van der Waals surface area contributed by atoms with Gasteiger partial charge in [-0.25, -0.2) is 4.79 Å². The third kappa shape index (κ3) is 7.80. The maximum atomic E-state index is 12.6. The van der Waals surface area contributed by atoms with E-state index in [1.807, 2.05) is 13.8 Å². The second kappa shape index (κ2) is 9.10. The smallest absolute Gasteiger partial charge is 0.416 e. The third-order valence-corrected chi connectivity index (χ3v) is 3.02. The Morgan fingerprint density at radius 3 is 2.62 bits per heavy atom. The summed E-state index contributed by atoms with van der Waals surface area (Å²) in [5, 5.41) is 2.60. The highest BCUT2D eigenvalue weighted by atomic mass is 19.4. The summed E-state index contributed by atoms with van der Waals surface area (Å²) in [5.41, 5.74) is -0.592. The molecule has 1 rings (SSSR count). The minimum Gasteiger partial charge on any atom is -0.452 e. The molecule has 132 valence electrons. The molecule has 0 unspecified atom stereocenters. The van der Waals surface area contributed by atoms with Crippen molar-refractivity contribution in [1.82, 2.24) is 5.32 Å². The van der Waals surface area contributed by atoms with Gasteiger partial charge in [-0.3, -0.25) is 4.79 Å². The molecule has 1 N–H and O–H groups in total. The van der Waals surface area contributed by atoms with E-state index in [-0.39, 0.29) is 5.56 Å². The Labute approximate surface area is 138 Å². The van der Waals surface area contributed by atoms with Crippen molar-refractivity contribution >= 4 is 18.0 Å². The molecule has 0 fully saturated rings. The second-order valence-corrected chi connectivity index (χ2v) is 5.60. The van der Waals surface area contributed by atoms with Crippen molar-refractivity contribution in [2.75, 3.05) is 13.2 Å². The van der Waals surface area contributed by atoms with E-state index in [0.29, 0.717) is 12.5 Å². The Morgan fingerprint density at radius 2 is 2.00 bits per heavy atom. The molecule has 1 aromatic carbocycles. The van der Waals surface area contributed by atoms with E-state index in [4.69, 9.17) is 4.74 Å². The Bertz CT molecular complexity index is 595. The molecular weight excluding hydrogens is 323 g/mol. The first-order chi connectivity index (χ1) is 11.2. The number of alkyl halides is 3. The summed E-state index contributed by atoms with van der Waals surface area (Å²) < 4.78 is 42.4. The van der Waals surface area contributed by atoms with E-state index in [1.165, 1.54) is 18.2 Å². The normalized spacial score (nSPS) is 11.8. The van der Waals surface area contributed by atoms with E-state index in [2.05, 4.69) is 5.32 Å². The summed E-state index contributed by atoms with van der Waals surface area (Å²) >= 11 is 0. The molecule has 0 heterocycles. The maximum absolute atomic E-state index is 12.6. The molecule has 4 nitrogen and oxygen atoms in total. The average molecular weight is 343 g/mol. The highest BCUT2D eigenvalue weighted by Gasteiger charge is 2.30. The molecule has 1 amide bonds. The molecule has 0 aromatic heterocycles. The second-order valence-electron chi connectivity index (χ2n) is 5.60. The van der Waals surface area contributed by atoms with Gasteiger partial charge in [-0.05, 0) is 36.1 Å². The molecule has 0 spiro atoms. The predicted octanol–water partition coefficient (Wildman–Crippen LogP) is 3.42. The van der Waals surface area contributed by atoms with E-state index < -0.39 is 30.2 Å². The number of benzene rings is 1. The number of halogens is 3. The summed E-state index contributed by atoms with van der Waals surface area (Å²) in [6, 6.07) is 4.53. The summed E-state index contributed by atoms with van der Waals surface area (Å²) in [6.45, 7) is 4.10. The van der Waals surface area contributed by atoms with Crippen LogP contribution in [0.25, 0.3) is 6.08 Å². The van der Waals surface area contributed by atoms with Crippen LogP contribution in [0.5, 0.6) is 0 Å². The van der Waals surface area contributed by atoms with E-state index >= 15 is 0 Å². The van der Waals surface area contributed by atoms with Crippen LogP contribution < -0.4 is 5.32 Å². The molecule has 0 aliphatic carbocycles. The van der Waals surface area contributed by atoms with Crippen LogP contribution in [0.2, 0.25) is 0 Å². The molecule has 0 saturated heterocycles. The quantitative estimate of drug-likeness (QED) is 0.610. The molecule has 7 heteroatoms. The lowest BCUT2D eigenvalue weighted by atomic mass is 10.1. The predicted molar refractivity (Wildman–Crippen MR) is 83.9 cm³/mol. The minimum atomic E-state index is -4.45. The van der Waals surface area contributed by atoms with Crippen molar-refractivity contribution in [1.29, 1.82) is 0 Å². The fourth-order valence-electron chi connectivity index (χ4n) is 1.72. The van der Waals surface area contributed by atoms with Crippen molar-refractivity contribution < 1.29 is 27.5 Å². The zero-order chi connectivity index (χ0) is 18.2. The summed E-state index contributed by atoms with van der Waals surface area (Å²) in [7, 11) is 0. The molecule has 0 radical (unpaired) electrons. The minimum absolute atomic E-state index is 0.211. The number of nitrogens with one attached hydrogen (secondary N) is 1. The number of carbonyl (C=O) groups excluding carboxylic acids is 2. The van der Waals surface area contributed by atoms with E-state index in [9.17, 15) is 22.8 Å². The average Bonchev–Trinajstić information content (AvgIpc) is 2.50. The lowest BCUT2D eigenvalue weighted by Gasteiger charge is -2.07. The van der Waals surface area contributed by atoms with Gasteiger partial charge in [0.25, 0.3) is 5.91 Å². The molecule has 1 aromatic rings. The topological polar surface area (TPSA) is 55.4 Å². The van der Waals surface area contributed by atoms with Gasteiger partial charge in [-0.15, -0.1) is 0 Å². The Hall–Kier alpha value is -2.31. The molecule has 0 saturated carbocycles. The molecule has 0 aliphatic heterocycles. The molecule has 24 heavy (non-hydrogen) atoms. The van der Waals surface area contributed by atoms with Gasteiger partial charge in [-0.1, -0.05) is 26.0 Å². The maximum Gasteiger partial charge on any atom is 0.416 e. The molecular formula is C17H20F3NO3. The number of hydrogen-bond acceptors (Lipinski definition) is 3.